The highest BCUT2D eigenvalue weighted by Gasteiger charge is 2.34. The summed E-state index contributed by atoms with van der Waals surface area (Å²) in [6.45, 7) is 2.23. The number of hydrogen-bond acceptors (Lipinski definition) is 3. The lowest BCUT2D eigenvalue weighted by atomic mass is 10.0. The molecule has 2 saturated heterocycles. The highest BCUT2D eigenvalue weighted by Crippen LogP contribution is 2.24. The van der Waals surface area contributed by atoms with Crippen LogP contribution in [0.2, 0.25) is 0 Å². The van der Waals surface area contributed by atoms with Crippen LogP contribution in [0.4, 0.5) is 5.69 Å². The molecular formula is C15H18N2O2. The second-order valence-corrected chi connectivity index (χ2v) is 5.29. The molecule has 3 rings (SSSR count). The summed E-state index contributed by atoms with van der Waals surface area (Å²) in [5.74, 6) is 0.0821. The first-order valence-electron chi connectivity index (χ1n) is 6.85. The van der Waals surface area contributed by atoms with E-state index in [0.29, 0.717) is 6.54 Å². The summed E-state index contributed by atoms with van der Waals surface area (Å²) in [4.78, 5) is 27.2. The van der Waals surface area contributed by atoms with Gasteiger partial charge in [0.15, 0.2) is 5.78 Å². The van der Waals surface area contributed by atoms with E-state index in [0.717, 1.165) is 25.9 Å². The topological polar surface area (TPSA) is 40.6 Å². The van der Waals surface area contributed by atoms with Gasteiger partial charge in [-0.05, 0) is 25.0 Å². The summed E-state index contributed by atoms with van der Waals surface area (Å²) in [7, 11) is 0. The molecule has 2 aliphatic heterocycles. The number of Topliss-reactive ketones (excluding diaryl/α,β-unsaturated/α-hetero) is 1. The van der Waals surface area contributed by atoms with Gasteiger partial charge in [0.2, 0.25) is 5.91 Å². The fourth-order valence-electron chi connectivity index (χ4n) is 3.01. The van der Waals surface area contributed by atoms with Crippen LogP contribution >= 0.6 is 0 Å². The van der Waals surface area contributed by atoms with Crippen LogP contribution in [-0.2, 0) is 9.59 Å². The number of carbonyl (C=O) groups is 2. The SMILES string of the molecule is O=C1CC(=O)N(C2CCN(c3ccccc3)CC2)C1. The van der Waals surface area contributed by atoms with Crippen LogP contribution in [0.25, 0.3) is 0 Å². The van der Waals surface area contributed by atoms with E-state index in [-0.39, 0.29) is 24.2 Å². The Labute approximate surface area is 113 Å². The smallest absolute Gasteiger partial charge is 0.230 e. The minimum absolute atomic E-state index is 0.0168. The molecule has 2 heterocycles. The predicted octanol–water partition coefficient (Wildman–Crippen LogP) is 1.46. The molecule has 0 spiro atoms. The number of ketones is 1. The summed E-state index contributed by atoms with van der Waals surface area (Å²) < 4.78 is 0. The second-order valence-electron chi connectivity index (χ2n) is 5.29. The van der Waals surface area contributed by atoms with Crippen LogP contribution in [0.5, 0.6) is 0 Å². The average Bonchev–Trinajstić information content (AvgIpc) is 2.79. The van der Waals surface area contributed by atoms with Gasteiger partial charge in [0.1, 0.15) is 0 Å². The lowest BCUT2D eigenvalue weighted by Gasteiger charge is -2.37. The van der Waals surface area contributed by atoms with Gasteiger partial charge in [-0.3, -0.25) is 9.59 Å². The van der Waals surface area contributed by atoms with Crippen LogP contribution < -0.4 is 4.90 Å². The van der Waals surface area contributed by atoms with E-state index < -0.39 is 0 Å². The van der Waals surface area contributed by atoms with Crippen molar-refractivity contribution >= 4 is 17.4 Å². The van der Waals surface area contributed by atoms with Gasteiger partial charge in [0, 0.05) is 24.8 Å². The van der Waals surface area contributed by atoms with E-state index in [1.807, 2.05) is 18.2 Å². The van der Waals surface area contributed by atoms with Gasteiger partial charge >= 0.3 is 0 Å². The maximum atomic E-state index is 11.7. The number of rotatable bonds is 2. The number of para-hydroxylation sites is 1. The van der Waals surface area contributed by atoms with E-state index in [9.17, 15) is 9.59 Å². The third-order valence-electron chi connectivity index (χ3n) is 4.04. The van der Waals surface area contributed by atoms with Crippen molar-refractivity contribution in [1.82, 2.24) is 4.90 Å². The van der Waals surface area contributed by atoms with Crippen LogP contribution in [0.15, 0.2) is 30.3 Å². The Morgan fingerprint density at radius 1 is 1.00 bits per heavy atom. The third kappa shape index (κ3) is 2.48. The molecule has 4 nitrogen and oxygen atoms in total. The van der Waals surface area contributed by atoms with Crippen LogP contribution in [0.1, 0.15) is 19.3 Å². The van der Waals surface area contributed by atoms with E-state index in [4.69, 9.17) is 0 Å². The number of carbonyl (C=O) groups excluding carboxylic acids is 2. The maximum Gasteiger partial charge on any atom is 0.230 e. The van der Waals surface area contributed by atoms with E-state index >= 15 is 0 Å². The van der Waals surface area contributed by atoms with Crippen LogP contribution in [-0.4, -0.2) is 42.3 Å². The largest absolute Gasteiger partial charge is 0.371 e. The quantitative estimate of drug-likeness (QED) is 0.754. The summed E-state index contributed by atoms with van der Waals surface area (Å²) in [6, 6.07) is 10.6. The summed E-state index contributed by atoms with van der Waals surface area (Å²) in [5, 5.41) is 0. The van der Waals surface area contributed by atoms with Crippen molar-refractivity contribution in [3.8, 4) is 0 Å². The van der Waals surface area contributed by atoms with Gasteiger partial charge in [0.25, 0.3) is 0 Å². The lowest BCUT2D eigenvalue weighted by molar-refractivity contribution is -0.130. The molecule has 2 fully saturated rings. The molecular weight excluding hydrogens is 240 g/mol. The second kappa shape index (κ2) is 5.03. The van der Waals surface area contributed by atoms with E-state index in [1.165, 1.54) is 5.69 Å². The number of amides is 1. The highest BCUT2D eigenvalue weighted by molar-refractivity contribution is 6.05. The van der Waals surface area contributed by atoms with Crippen molar-refractivity contribution in [2.45, 2.75) is 25.3 Å². The van der Waals surface area contributed by atoms with Crippen molar-refractivity contribution in [3.05, 3.63) is 30.3 Å². The average molecular weight is 258 g/mol. The predicted molar refractivity (Wildman–Crippen MR) is 73.0 cm³/mol. The minimum Gasteiger partial charge on any atom is -0.371 e. The molecule has 4 heteroatoms. The molecule has 0 N–H and O–H groups in total. The molecule has 2 aliphatic rings. The molecule has 0 radical (unpaired) electrons. The summed E-state index contributed by atoms with van der Waals surface area (Å²) in [6.07, 6.45) is 2.01. The van der Waals surface area contributed by atoms with Crippen molar-refractivity contribution in [2.75, 3.05) is 24.5 Å². The van der Waals surface area contributed by atoms with E-state index in [1.54, 1.807) is 4.90 Å². The molecule has 0 aromatic heterocycles. The summed E-state index contributed by atoms with van der Waals surface area (Å²) in [5.41, 5.74) is 1.24. The van der Waals surface area contributed by atoms with Crippen molar-refractivity contribution < 1.29 is 9.59 Å². The zero-order valence-corrected chi connectivity index (χ0v) is 10.9. The first kappa shape index (κ1) is 12.2. The van der Waals surface area contributed by atoms with Gasteiger partial charge in [-0.2, -0.15) is 0 Å². The number of likely N-dealkylation sites (tertiary alicyclic amines) is 1. The number of nitrogens with zero attached hydrogens (tertiary/aromatic N) is 2. The van der Waals surface area contributed by atoms with Crippen molar-refractivity contribution in [2.24, 2.45) is 0 Å². The number of hydrogen-bond donors (Lipinski definition) is 0. The highest BCUT2D eigenvalue weighted by atomic mass is 16.2. The van der Waals surface area contributed by atoms with Gasteiger partial charge in [-0.15, -0.1) is 0 Å². The third-order valence-corrected chi connectivity index (χ3v) is 4.04. The molecule has 0 aliphatic carbocycles. The van der Waals surface area contributed by atoms with Gasteiger partial charge in [0.05, 0.1) is 13.0 Å². The van der Waals surface area contributed by atoms with Gasteiger partial charge < -0.3 is 9.80 Å². The fraction of sp³-hybridized carbons (Fsp3) is 0.467. The Hall–Kier alpha value is -1.84. The molecule has 100 valence electrons. The molecule has 0 unspecified atom stereocenters. The number of piperidine rings is 1. The number of benzene rings is 1. The maximum absolute atomic E-state index is 11.7. The fourth-order valence-corrected chi connectivity index (χ4v) is 3.01. The molecule has 0 bridgehead atoms. The Morgan fingerprint density at radius 3 is 2.26 bits per heavy atom. The molecule has 19 heavy (non-hydrogen) atoms. The molecule has 1 amide bonds. The van der Waals surface area contributed by atoms with Crippen LogP contribution in [0.3, 0.4) is 0 Å². The van der Waals surface area contributed by atoms with Crippen LogP contribution in [0, 0.1) is 0 Å². The van der Waals surface area contributed by atoms with Crippen molar-refractivity contribution in [1.29, 1.82) is 0 Å². The Morgan fingerprint density at radius 2 is 1.68 bits per heavy atom. The molecule has 0 atom stereocenters. The van der Waals surface area contributed by atoms with Crippen molar-refractivity contribution in [3.63, 3.8) is 0 Å². The standard InChI is InChI=1S/C15H18N2O2/c18-14-10-15(19)17(11-14)13-6-8-16(9-7-13)12-4-2-1-3-5-12/h1-5,13H,6-11H2. The van der Waals surface area contributed by atoms with Gasteiger partial charge in [-0.25, -0.2) is 0 Å². The zero-order valence-electron chi connectivity index (χ0n) is 10.9. The monoisotopic (exact) mass is 258 g/mol. The Kier molecular flexibility index (Phi) is 3.23. The minimum atomic E-state index is 0.0168. The Bertz CT molecular complexity index is 478. The first-order valence-corrected chi connectivity index (χ1v) is 6.85. The Balaban J connectivity index is 1.61. The molecule has 1 aromatic carbocycles. The molecule has 1 aromatic rings. The lowest BCUT2D eigenvalue weighted by Crippen LogP contribution is -2.45. The van der Waals surface area contributed by atoms with E-state index in [2.05, 4.69) is 17.0 Å². The van der Waals surface area contributed by atoms with Gasteiger partial charge in [-0.1, -0.05) is 18.2 Å². The zero-order chi connectivity index (χ0) is 13.2. The normalized spacial score (nSPS) is 21.3. The first-order chi connectivity index (χ1) is 9.24. The number of anilines is 1. The molecule has 0 saturated carbocycles. The summed E-state index contributed by atoms with van der Waals surface area (Å²) >= 11 is 0.